The Balaban J connectivity index is 1.58. The van der Waals surface area contributed by atoms with E-state index in [0.29, 0.717) is 19.4 Å². The average Bonchev–Trinajstić information content (AvgIpc) is 3.01. The van der Waals surface area contributed by atoms with E-state index in [1.807, 2.05) is 35.0 Å². The van der Waals surface area contributed by atoms with Crippen LogP contribution in [0.2, 0.25) is 0 Å². The number of benzene rings is 1. The lowest BCUT2D eigenvalue weighted by Gasteiger charge is -2.29. The van der Waals surface area contributed by atoms with Gasteiger partial charge in [0, 0.05) is 25.1 Å². The molecule has 28 heavy (non-hydrogen) atoms. The Morgan fingerprint density at radius 1 is 1.21 bits per heavy atom. The van der Waals surface area contributed by atoms with E-state index in [9.17, 15) is 8.78 Å². The summed E-state index contributed by atoms with van der Waals surface area (Å²) >= 11 is 2.21. The number of rotatable bonds is 5. The molecule has 0 bridgehead atoms. The normalized spacial score (nSPS) is 17.0. The van der Waals surface area contributed by atoms with Crippen molar-refractivity contribution in [3.8, 4) is 5.75 Å². The average molecular weight is 498 g/mol. The highest BCUT2D eigenvalue weighted by molar-refractivity contribution is 14.1. The Kier molecular flexibility index (Phi) is 5.39. The van der Waals surface area contributed by atoms with E-state index in [1.165, 1.54) is 0 Å². The second-order valence-electron chi connectivity index (χ2n) is 7.12. The number of fused-ring (bicyclic) bond motifs is 1. The molecule has 1 aliphatic rings. The number of ether oxygens (including phenoxy) is 1. The van der Waals surface area contributed by atoms with E-state index in [0.717, 1.165) is 31.7 Å². The van der Waals surface area contributed by atoms with Gasteiger partial charge in [0.05, 0.1) is 24.6 Å². The summed E-state index contributed by atoms with van der Waals surface area (Å²) in [7, 11) is 1.65. The minimum atomic E-state index is -2.53. The first-order valence-electron chi connectivity index (χ1n) is 9.23. The van der Waals surface area contributed by atoms with Gasteiger partial charge in [-0.05, 0) is 59.2 Å². The Labute approximate surface area is 175 Å². The van der Waals surface area contributed by atoms with Gasteiger partial charge in [-0.2, -0.15) is 5.10 Å². The largest absolute Gasteiger partial charge is 0.497 e. The highest BCUT2D eigenvalue weighted by Crippen LogP contribution is 2.35. The molecule has 0 unspecified atom stereocenters. The number of pyridine rings is 1. The van der Waals surface area contributed by atoms with Crippen molar-refractivity contribution >= 4 is 39.3 Å². The number of alkyl halides is 2. The van der Waals surface area contributed by atoms with Crippen molar-refractivity contribution in [1.82, 2.24) is 14.8 Å². The van der Waals surface area contributed by atoms with Crippen LogP contribution >= 0.6 is 22.6 Å². The molecule has 148 valence electrons. The molecule has 0 radical (unpaired) electrons. The number of hydrogen-bond acceptors (Lipinski definition) is 4. The zero-order valence-corrected chi connectivity index (χ0v) is 17.6. The fraction of sp³-hybridized carbons (Fsp3) is 0.400. The fourth-order valence-corrected chi connectivity index (χ4v) is 4.38. The molecule has 8 heteroatoms. The lowest BCUT2D eigenvalue weighted by Crippen LogP contribution is -2.32. The molecule has 2 aromatic heterocycles. The van der Waals surface area contributed by atoms with Gasteiger partial charge in [0.2, 0.25) is 5.92 Å². The zero-order chi connectivity index (χ0) is 19.7. The van der Waals surface area contributed by atoms with Gasteiger partial charge in [-0.15, -0.1) is 0 Å². The maximum Gasteiger partial charge on any atom is 0.248 e. The van der Waals surface area contributed by atoms with Gasteiger partial charge in [-0.25, -0.2) is 13.8 Å². The molecule has 4 rings (SSSR count). The second kappa shape index (κ2) is 7.81. The fourth-order valence-electron chi connectivity index (χ4n) is 3.59. The maximum absolute atomic E-state index is 13.4. The van der Waals surface area contributed by atoms with Gasteiger partial charge >= 0.3 is 0 Å². The zero-order valence-electron chi connectivity index (χ0n) is 15.5. The maximum atomic E-state index is 13.4. The highest BCUT2D eigenvalue weighted by atomic mass is 127. The van der Waals surface area contributed by atoms with Gasteiger partial charge in [-0.3, -0.25) is 4.68 Å². The van der Waals surface area contributed by atoms with Crippen molar-refractivity contribution < 1.29 is 13.5 Å². The van der Waals surface area contributed by atoms with Crippen LogP contribution in [-0.2, 0) is 6.54 Å². The first-order valence-corrected chi connectivity index (χ1v) is 10.3. The number of nitrogens with one attached hydrogen (secondary N) is 1. The number of hydrogen-bond donors (Lipinski definition) is 1. The number of methoxy groups -OCH3 is 1. The molecule has 0 saturated heterocycles. The molecule has 1 saturated carbocycles. The quantitative estimate of drug-likeness (QED) is 0.499. The summed E-state index contributed by atoms with van der Waals surface area (Å²) in [5, 5.41) is 8.99. The molecule has 1 N–H and O–H groups in total. The summed E-state index contributed by atoms with van der Waals surface area (Å²) in [5.74, 6) is -0.995. The van der Waals surface area contributed by atoms with E-state index < -0.39 is 5.92 Å². The molecule has 5 nitrogen and oxygen atoms in total. The predicted octanol–water partition coefficient (Wildman–Crippen LogP) is 5.08. The molecule has 0 amide bonds. The molecule has 1 aliphatic carbocycles. The van der Waals surface area contributed by atoms with E-state index in [2.05, 4.69) is 38.0 Å². The van der Waals surface area contributed by atoms with Crippen LogP contribution < -0.4 is 10.1 Å². The summed E-state index contributed by atoms with van der Waals surface area (Å²) < 4.78 is 34.8. The Morgan fingerprint density at radius 2 is 1.93 bits per heavy atom. The summed E-state index contributed by atoms with van der Waals surface area (Å²) in [6.45, 7) is 0.628. The van der Waals surface area contributed by atoms with E-state index >= 15 is 0 Å². The molecule has 3 aromatic rings. The van der Waals surface area contributed by atoms with Gasteiger partial charge in [0.15, 0.2) is 0 Å². The van der Waals surface area contributed by atoms with E-state index in [4.69, 9.17) is 4.74 Å². The van der Waals surface area contributed by atoms with Crippen molar-refractivity contribution in [3.63, 3.8) is 0 Å². The van der Waals surface area contributed by atoms with Crippen LogP contribution in [0.15, 0.2) is 36.5 Å². The summed E-state index contributed by atoms with van der Waals surface area (Å²) in [5.41, 5.74) is 2.08. The third-order valence-corrected chi connectivity index (χ3v) is 5.93. The Bertz CT molecular complexity index is 964. The molecular formula is C20H21F2IN4O. The molecule has 0 aliphatic heterocycles. The minimum absolute atomic E-state index is 0.0125. The molecular weight excluding hydrogens is 477 g/mol. The van der Waals surface area contributed by atoms with Crippen molar-refractivity contribution in [2.24, 2.45) is 0 Å². The van der Waals surface area contributed by atoms with Crippen molar-refractivity contribution in [2.45, 2.75) is 44.2 Å². The van der Waals surface area contributed by atoms with Crippen LogP contribution in [-0.4, -0.2) is 33.8 Å². The van der Waals surface area contributed by atoms with E-state index in [1.54, 1.807) is 13.3 Å². The van der Waals surface area contributed by atoms with Gasteiger partial charge in [-0.1, -0.05) is 12.1 Å². The smallest absolute Gasteiger partial charge is 0.248 e. The van der Waals surface area contributed by atoms with Crippen molar-refractivity contribution in [3.05, 3.63) is 45.8 Å². The standard InChI is InChI=1S/C20H21F2IN4O/c1-28-15-4-2-13(3-5-15)12-27-16-8-11-24-19(17(16)18(23)26-27)25-14-6-9-20(21,22)10-7-14/h2-5,8,11,14H,6-7,9-10,12H2,1H3,(H,24,25). The third kappa shape index (κ3) is 4.06. The lowest BCUT2D eigenvalue weighted by molar-refractivity contribution is -0.0361. The number of halogens is 3. The molecule has 0 spiro atoms. The van der Waals surface area contributed by atoms with Gasteiger partial charge < -0.3 is 10.1 Å². The molecule has 1 fully saturated rings. The molecule has 1 aromatic carbocycles. The van der Waals surface area contributed by atoms with E-state index in [-0.39, 0.29) is 18.9 Å². The first-order chi connectivity index (χ1) is 13.4. The van der Waals surface area contributed by atoms with Crippen LogP contribution in [0.1, 0.15) is 31.2 Å². The number of anilines is 1. The molecule has 2 heterocycles. The number of nitrogens with zero attached hydrogens (tertiary/aromatic N) is 3. The van der Waals surface area contributed by atoms with Crippen LogP contribution in [0, 0.1) is 3.70 Å². The highest BCUT2D eigenvalue weighted by Gasteiger charge is 2.35. The lowest BCUT2D eigenvalue weighted by atomic mass is 9.92. The van der Waals surface area contributed by atoms with Crippen LogP contribution in [0.25, 0.3) is 10.9 Å². The molecule has 0 atom stereocenters. The summed E-state index contributed by atoms with van der Waals surface area (Å²) in [4.78, 5) is 4.47. The SMILES string of the molecule is COc1ccc(Cn2nc(I)c3c(NC4CCC(F)(F)CC4)nccc32)cc1. The second-order valence-corrected chi connectivity index (χ2v) is 8.15. The Morgan fingerprint density at radius 3 is 2.61 bits per heavy atom. The monoisotopic (exact) mass is 498 g/mol. The van der Waals surface area contributed by atoms with Crippen molar-refractivity contribution in [1.29, 1.82) is 0 Å². The van der Waals surface area contributed by atoms with Crippen LogP contribution in [0.4, 0.5) is 14.6 Å². The van der Waals surface area contributed by atoms with Gasteiger partial charge in [0.1, 0.15) is 15.3 Å². The first kappa shape index (κ1) is 19.4. The topological polar surface area (TPSA) is 52.0 Å². The van der Waals surface area contributed by atoms with Crippen molar-refractivity contribution in [2.75, 3.05) is 12.4 Å². The van der Waals surface area contributed by atoms with Crippen LogP contribution in [0.5, 0.6) is 5.75 Å². The Hall–Kier alpha value is -1.97. The third-order valence-electron chi connectivity index (χ3n) is 5.17. The predicted molar refractivity (Wildman–Crippen MR) is 113 cm³/mol. The number of aromatic nitrogens is 3. The van der Waals surface area contributed by atoms with Crippen LogP contribution in [0.3, 0.4) is 0 Å². The minimum Gasteiger partial charge on any atom is -0.497 e. The van der Waals surface area contributed by atoms with Gasteiger partial charge in [0.25, 0.3) is 0 Å². The summed E-state index contributed by atoms with van der Waals surface area (Å²) in [6.07, 6.45) is 2.48. The summed E-state index contributed by atoms with van der Waals surface area (Å²) in [6, 6.07) is 9.84.